The third-order valence-corrected chi connectivity index (χ3v) is 7.78. The zero-order valence-corrected chi connectivity index (χ0v) is 21.4. The Bertz CT molecular complexity index is 1420. The van der Waals surface area contributed by atoms with Crippen molar-refractivity contribution in [1.29, 1.82) is 5.26 Å². The van der Waals surface area contributed by atoms with Gasteiger partial charge in [-0.15, -0.1) is 0 Å². The van der Waals surface area contributed by atoms with Crippen molar-refractivity contribution in [3.63, 3.8) is 0 Å². The van der Waals surface area contributed by atoms with Gasteiger partial charge >= 0.3 is 0 Å². The van der Waals surface area contributed by atoms with Gasteiger partial charge in [0, 0.05) is 70.4 Å². The summed E-state index contributed by atoms with van der Waals surface area (Å²) >= 11 is 0. The number of hydrogen-bond acceptors (Lipinski definition) is 9. The maximum Gasteiger partial charge on any atom is 0.128 e. The number of pyridine rings is 1. The standard InChI is InChI=1S/C28H34N8O/c1-19-16-36(25-4-3-22(14-29)27-28(25)32-8-7-31-27)18-23(37-19)17-34-9-11-35(12-10-34)26-13-21-5-6-30-20(2)24(21)15-33-26/h3-4,7-8,13,15,19-20,23,30H,5-6,9-12,16-18H2,1-2H3/t19-,20-,23+/m1/s1/i7D,8D. The molecule has 192 valence electrons. The maximum atomic E-state index is 9.54. The van der Waals surface area contributed by atoms with E-state index in [0.717, 1.165) is 57.2 Å². The van der Waals surface area contributed by atoms with E-state index in [4.69, 9.17) is 12.5 Å². The van der Waals surface area contributed by atoms with Gasteiger partial charge in [0.2, 0.25) is 0 Å². The minimum atomic E-state index is -0.222. The van der Waals surface area contributed by atoms with Gasteiger partial charge in [0.05, 0.1) is 26.2 Å². The predicted octanol–water partition coefficient (Wildman–Crippen LogP) is 2.52. The number of anilines is 2. The molecule has 3 aliphatic heterocycles. The monoisotopic (exact) mass is 500 g/mol. The van der Waals surface area contributed by atoms with Crippen LogP contribution in [0.2, 0.25) is 0 Å². The van der Waals surface area contributed by atoms with Crippen molar-refractivity contribution in [2.24, 2.45) is 0 Å². The number of hydrogen-bond donors (Lipinski definition) is 1. The lowest BCUT2D eigenvalue weighted by Gasteiger charge is -2.42. The molecule has 0 amide bonds. The SMILES string of the molecule is [2H]c1nc2c(C#N)ccc(N3C[C@H](CN4CCN(c5cc6c(cn5)[C@@H](C)NCC6)CC4)O[C@H](C)C3)c2nc1[2H]. The smallest absolute Gasteiger partial charge is 0.128 e. The van der Waals surface area contributed by atoms with Gasteiger partial charge in [-0.05, 0) is 56.1 Å². The minimum absolute atomic E-state index is 0.0146. The summed E-state index contributed by atoms with van der Waals surface area (Å²) in [4.78, 5) is 20.4. The van der Waals surface area contributed by atoms with Gasteiger partial charge < -0.3 is 19.9 Å². The van der Waals surface area contributed by atoms with Crippen LogP contribution in [0.5, 0.6) is 0 Å². The molecule has 3 aliphatic rings. The molecule has 2 fully saturated rings. The summed E-state index contributed by atoms with van der Waals surface area (Å²) in [5.74, 6) is 1.08. The molecule has 9 heteroatoms. The first kappa shape index (κ1) is 21.7. The fraction of sp³-hybridized carbons (Fsp3) is 0.500. The van der Waals surface area contributed by atoms with Crippen molar-refractivity contribution in [2.75, 3.05) is 62.2 Å². The van der Waals surface area contributed by atoms with Gasteiger partial charge in [0.15, 0.2) is 0 Å². The second-order valence-electron chi connectivity index (χ2n) is 10.3. The molecular formula is C28H34N8O. The minimum Gasteiger partial charge on any atom is -0.370 e. The van der Waals surface area contributed by atoms with Crippen molar-refractivity contribution in [1.82, 2.24) is 25.2 Å². The Morgan fingerprint density at radius 1 is 1.08 bits per heavy atom. The molecule has 9 nitrogen and oxygen atoms in total. The average molecular weight is 501 g/mol. The Balaban J connectivity index is 1.13. The van der Waals surface area contributed by atoms with Gasteiger partial charge in [0.25, 0.3) is 0 Å². The molecule has 1 aromatic carbocycles. The number of nitrogens with one attached hydrogen (secondary N) is 1. The van der Waals surface area contributed by atoms with Gasteiger partial charge in [0.1, 0.15) is 22.9 Å². The normalized spacial score (nSPS) is 25.4. The fourth-order valence-electron chi connectivity index (χ4n) is 5.90. The third-order valence-electron chi connectivity index (χ3n) is 7.78. The van der Waals surface area contributed by atoms with E-state index in [2.05, 4.69) is 56.0 Å². The number of benzene rings is 1. The zero-order chi connectivity index (χ0) is 27.1. The number of morpholine rings is 1. The van der Waals surface area contributed by atoms with Crippen LogP contribution in [0.4, 0.5) is 11.5 Å². The molecule has 3 aromatic rings. The molecule has 2 aromatic heterocycles. The van der Waals surface area contributed by atoms with Crippen LogP contribution in [-0.2, 0) is 11.2 Å². The maximum absolute atomic E-state index is 9.54. The van der Waals surface area contributed by atoms with Crippen LogP contribution in [0.15, 0.2) is 36.7 Å². The first-order chi connectivity index (χ1) is 18.9. The Morgan fingerprint density at radius 3 is 2.70 bits per heavy atom. The molecule has 0 radical (unpaired) electrons. The molecule has 0 unspecified atom stereocenters. The molecule has 0 bridgehead atoms. The molecule has 0 aliphatic carbocycles. The second kappa shape index (κ2) is 10.2. The van der Waals surface area contributed by atoms with Crippen LogP contribution >= 0.6 is 0 Å². The summed E-state index contributed by atoms with van der Waals surface area (Å²) in [6, 6.07) is 8.40. The quantitative estimate of drug-likeness (QED) is 0.580. The largest absolute Gasteiger partial charge is 0.370 e. The molecule has 0 spiro atoms. The molecule has 1 N–H and O–H groups in total. The summed E-state index contributed by atoms with van der Waals surface area (Å²) in [6.07, 6.45) is 2.73. The Labute approximate surface area is 220 Å². The van der Waals surface area contributed by atoms with E-state index >= 15 is 0 Å². The lowest BCUT2D eigenvalue weighted by Crippen LogP contribution is -2.54. The fourth-order valence-corrected chi connectivity index (χ4v) is 5.90. The second-order valence-corrected chi connectivity index (χ2v) is 10.3. The highest BCUT2D eigenvalue weighted by Gasteiger charge is 2.30. The topological polar surface area (TPSA) is 93.4 Å². The third kappa shape index (κ3) is 4.85. The van der Waals surface area contributed by atoms with Crippen molar-refractivity contribution in [3.8, 4) is 6.07 Å². The summed E-state index contributed by atoms with van der Waals surface area (Å²) in [6.45, 7) is 11.2. The molecule has 2 saturated heterocycles. The summed E-state index contributed by atoms with van der Waals surface area (Å²) in [7, 11) is 0. The Morgan fingerprint density at radius 2 is 1.89 bits per heavy atom. The highest BCUT2D eigenvalue weighted by Crippen LogP contribution is 2.29. The highest BCUT2D eigenvalue weighted by atomic mass is 16.5. The molecule has 0 saturated carbocycles. The molecule has 37 heavy (non-hydrogen) atoms. The van der Waals surface area contributed by atoms with E-state index in [0.29, 0.717) is 35.7 Å². The van der Waals surface area contributed by atoms with Crippen LogP contribution in [0, 0.1) is 11.3 Å². The van der Waals surface area contributed by atoms with E-state index in [-0.39, 0.29) is 24.6 Å². The van der Waals surface area contributed by atoms with Gasteiger partial charge in [-0.25, -0.2) is 4.98 Å². The lowest BCUT2D eigenvalue weighted by atomic mass is 9.97. The number of ether oxygens (including phenoxy) is 1. The predicted molar refractivity (Wildman–Crippen MR) is 144 cm³/mol. The van der Waals surface area contributed by atoms with E-state index in [1.165, 1.54) is 11.1 Å². The first-order valence-electron chi connectivity index (χ1n) is 14.2. The summed E-state index contributed by atoms with van der Waals surface area (Å²) in [5.41, 5.74) is 4.80. The molecule has 6 rings (SSSR count). The zero-order valence-electron chi connectivity index (χ0n) is 23.4. The van der Waals surface area contributed by atoms with Crippen LogP contribution < -0.4 is 15.1 Å². The van der Waals surface area contributed by atoms with Crippen LogP contribution in [0.25, 0.3) is 11.0 Å². The Hall–Kier alpha value is -3.32. The van der Waals surface area contributed by atoms with E-state index < -0.39 is 0 Å². The lowest BCUT2D eigenvalue weighted by molar-refractivity contribution is -0.0327. The van der Waals surface area contributed by atoms with E-state index in [1.807, 2.05) is 12.3 Å². The van der Waals surface area contributed by atoms with Crippen LogP contribution in [-0.4, -0.2) is 84.4 Å². The van der Waals surface area contributed by atoms with E-state index in [1.54, 1.807) is 6.07 Å². The highest BCUT2D eigenvalue weighted by molar-refractivity contribution is 5.92. The van der Waals surface area contributed by atoms with Crippen molar-refractivity contribution < 1.29 is 7.48 Å². The Kier molecular flexibility index (Phi) is 6.00. The molecular weight excluding hydrogens is 464 g/mol. The average Bonchev–Trinajstić information content (AvgIpc) is 2.93. The number of aromatic nitrogens is 3. The molecule has 5 heterocycles. The number of rotatable bonds is 4. The van der Waals surface area contributed by atoms with E-state index in [9.17, 15) is 5.26 Å². The van der Waals surface area contributed by atoms with Crippen molar-refractivity contribution in [3.05, 3.63) is 53.4 Å². The number of piperazine rings is 1. The van der Waals surface area contributed by atoms with Crippen LogP contribution in [0.3, 0.4) is 0 Å². The van der Waals surface area contributed by atoms with Crippen LogP contribution in [0.1, 0.15) is 39.3 Å². The molecule has 3 atom stereocenters. The number of nitriles is 1. The number of fused-ring (bicyclic) bond motifs is 2. The van der Waals surface area contributed by atoms with Gasteiger partial charge in [-0.3, -0.25) is 14.9 Å². The van der Waals surface area contributed by atoms with Gasteiger partial charge in [-0.2, -0.15) is 5.26 Å². The van der Waals surface area contributed by atoms with Crippen molar-refractivity contribution in [2.45, 2.75) is 38.5 Å². The summed E-state index contributed by atoms with van der Waals surface area (Å²) in [5, 5.41) is 13.0. The number of nitrogens with zero attached hydrogens (tertiary/aromatic N) is 7. The summed E-state index contributed by atoms with van der Waals surface area (Å²) < 4.78 is 22.3. The van der Waals surface area contributed by atoms with Crippen molar-refractivity contribution >= 4 is 22.5 Å². The van der Waals surface area contributed by atoms with Gasteiger partial charge in [-0.1, -0.05) is 0 Å². The first-order valence-corrected chi connectivity index (χ1v) is 13.2.